The van der Waals surface area contributed by atoms with Crippen LogP contribution in [0.15, 0.2) is 42.1 Å². The summed E-state index contributed by atoms with van der Waals surface area (Å²) in [6.45, 7) is 1.89. The second-order valence-electron chi connectivity index (χ2n) is 3.54. The maximum absolute atomic E-state index is 11.5. The number of para-hydroxylation sites is 1. The average Bonchev–Trinajstić information content (AvgIpc) is 2.18. The van der Waals surface area contributed by atoms with Crippen LogP contribution in [0.4, 0.5) is 5.69 Å². The molecule has 0 radical (unpaired) electrons. The monoisotopic (exact) mass is 204 g/mol. The molecule has 1 aromatic rings. The Hall–Kier alpha value is -1.77. The Balaban J connectivity index is 2.61. The van der Waals surface area contributed by atoms with Gasteiger partial charge in [-0.2, -0.15) is 0 Å². The molecule has 0 unspecified atom stereocenters. The van der Waals surface area contributed by atoms with Crippen LogP contribution in [0.5, 0.6) is 0 Å². The standard InChI is InChI=1S/C12H16N2O/c1-10(14(2)3)9-12(15)13-11-7-5-4-6-8-11/h4-9H,1-3H3,(H,13,15). The molecule has 0 saturated heterocycles. The number of carbonyl (C=O) groups is 1. The molecule has 3 heteroatoms. The fraction of sp³-hybridized carbons (Fsp3) is 0.250. The van der Waals surface area contributed by atoms with E-state index in [-0.39, 0.29) is 5.91 Å². The normalized spacial score (nSPS) is 11.0. The van der Waals surface area contributed by atoms with Crippen LogP contribution in [0.2, 0.25) is 0 Å². The van der Waals surface area contributed by atoms with E-state index < -0.39 is 0 Å². The zero-order chi connectivity index (χ0) is 11.3. The minimum atomic E-state index is -0.104. The summed E-state index contributed by atoms with van der Waals surface area (Å²) in [4.78, 5) is 13.4. The van der Waals surface area contributed by atoms with Gasteiger partial charge < -0.3 is 10.2 Å². The third-order valence-electron chi connectivity index (χ3n) is 2.09. The van der Waals surface area contributed by atoms with E-state index in [1.54, 1.807) is 6.08 Å². The Morgan fingerprint density at radius 1 is 1.27 bits per heavy atom. The first-order chi connectivity index (χ1) is 7.09. The highest BCUT2D eigenvalue weighted by molar-refractivity contribution is 5.99. The van der Waals surface area contributed by atoms with E-state index in [4.69, 9.17) is 0 Å². The Morgan fingerprint density at radius 2 is 1.87 bits per heavy atom. The SMILES string of the molecule is CC(=CC(=O)Nc1ccccc1)N(C)C. The van der Waals surface area contributed by atoms with E-state index in [9.17, 15) is 4.79 Å². The number of allylic oxidation sites excluding steroid dienone is 1. The lowest BCUT2D eigenvalue weighted by atomic mass is 10.3. The lowest BCUT2D eigenvalue weighted by Gasteiger charge is -2.12. The van der Waals surface area contributed by atoms with Crippen LogP contribution in [0.25, 0.3) is 0 Å². The smallest absolute Gasteiger partial charge is 0.250 e. The number of benzene rings is 1. The van der Waals surface area contributed by atoms with Gasteiger partial charge in [0.05, 0.1) is 0 Å². The van der Waals surface area contributed by atoms with Gasteiger partial charge in [0.15, 0.2) is 0 Å². The topological polar surface area (TPSA) is 32.3 Å². The van der Waals surface area contributed by atoms with E-state index in [0.29, 0.717) is 0 Å². The van der Waals surface area contributed by atoms with E-state index >= 15 is 0 Å². The van der Waals surface area contributed by atoms with Crippen molar-refractivity contribution in [1.29, 1.82) is 0 Å². The van der Waals surface area contributed by atoms with Crippen LogP contribution in [0.1, 0.15) is 6.92 Å². The van der Waals surface area contributed by atoms with Crippen LogP contribution in [0.3, 0.4) is 0 Å². The first-order valence-corrected chi connectivity index (χ1v) is 4.81. The van der Waals surface area contributed by atoms with Crippen molar-refractivity contribution in [2.75, 3.05) is 19.4 Å². The quantitative estimate of drug-likeness (QED) is 0.765. The van der Waals surface area contributed by atoms with Gasteiger partial charge in [0.1, 0.15) is 0 Å². The van der Waals surface area contributed by atoms with Gasteiger partial charge in [-0.15, -0.1) is 0 Å². The van der Waals surface area contributed by atoms with Crippen LogP contribution in [-0.2, 0) is 4.79 Å². The molecule has 1 N–H and O–H groups in total. The van der Waals surface area contributed by atoms with Crippen molar-refractivity contribution in [2.24, 2.45) is 0 Å². The molecule has 0 aliphatic rings. The fourth-order valence-electron chi connectivity index (χ4n) is 1.02. The van der Waals surface area contributed by atoms with Crippen molar-refractivity contribution in [2.45, 2.75) is 6.92 Å². The van der Waals surface area contributed by atoms with E-state index in [1.807, 2.05) is 56.3 Å². The summed E-state index contributed by atoms with van der Waals surface area (Å²) in [7, 11) is 3.81. The Labute approximate surface area is 90.4 Å². The zero-order valence-corrected chi connectivity index (χ0v) is 9.32. The van der Waals surface area contributed by atoms with Crippen molar-refractivity contribution in [3.8, 4) is 0 Å². The number of hydrogen-bond donors (Lipinski definition) is 1. The van der Waals surface area contributed by atoms with Crippen LogP contribution in [-0.4, -0.2) is 24.9 Å². The first kappa shape index (κ1) is 11.3. The molecule has 3 nitrogen and oxygen atoms in total. The average molecular weight is 204 g/mol. The maximum Gasteiger partial charge on any atom is 0.250 e. The summed E-state index contributed by atoms with van der Waals surface area (Å²) in [5.41, 5.74) is 1.73. The van der Waals surface area contributed by atoms with Gasteiger partial charge in [-0.25, -0.2) is 0 Å². The molecule has 1 aromatic carbocycles. The van der Waals surface area contributed by atoms with Crippen molar-refractivity contribution in [3.05, 3.63) is 42.1 Å². The molecule has 1 amide bonds. The van der Waals surface area contributed by atoms with Crippen LogP contribution < -0.4 is 5.32 Å². The molecule has 0 bridgehead atoms. The molecule has 0 fully saturated rings. The number of nitrogens with zero attached hydrogens (tertiary/aromatic N) is 1. The lowest BCUT2D eigenvalue weighted by Crippen LogP contribution is -2.14. The zero-order valence-electron chi connectivity index (χ0n) is 9.32. The maximum atomic E-state index is 11.5. The molecule has 80 valence electrons. The van der Waals surface area contributed by atoms with Gasteiger partial charge in [-0.3, -0.25) is 4.79 Å². The van der Waals surface area contributed by atoms with E-state index in [2.05, 4.69) is 5.32 Å². The highest BCUT2D eigenvalue weighted by Gasteiger charge is 1.99. The number of amides is 1. The fourth-order valence-corrected chi connectivity index (χ4v) is 1.02. The summed E-state index contributed by atoms with van der Waals surface area (Å²) in [5, 5.41) is 2.79. The summed E-state index contributed by atoms with van der Waals surface area (Å²) in [6, 6.07) is 9.40. The molecule has 15 heavy (non-hydrogen) atoms. The molecule has 0 aliphatic heterocycles. The molecular weight excluding hydrogens is 188 g/mol. The van der Waals surface area contributed by atoms with Gasteiger partial charge in [0.25, 0.3) is 0 Å². The Morgan fingerprint density at radius 3 is 2.40 bits per heavy atom. The molecule has 0 saturated carbocycles. The Bertz CT molecular complexity index is 355. The second-order valence-corrected chi connectivity index (χ2v) is 3.54. The van der Waals surface area contributed by atoms with Gasteiger partial charge in [0, 0.05) is 31.6 Å². The minimum absolute atomic E-state index is 0.104. The largest absolute Gasteiger partial charge is 0.381 e. The van der Waals surface area contributed by atoms with Crippen molar-refractivity contribution < 1.29 is 4.79 Å². The van der Waals surface area contributed by atoms with E-state index in [0.717, 1.165) is 11.4 Å². The third kappa shape index (κ3) is 3.85. The molecule has 0 aromatic heterocycles. The number of anilines is 1. The number of hydrogen-bond acceptors (Lipinski definition) is 2. The summed E-state index contributed by atoms with van der Waals surface area (Å²) >= 11 is 0. The van der Waals surface area contributed by atoms with Crippen molar-refractivity contribution in [1.82, 2.24) is 4.90 Å². The van der Waals surface area contributed by atoms with E-state index in [1.165, 1.54) is 0 Å². The van der Waals surface area contributed by atoms with Crippen LogP contribution >= 0.6 is 0 Å². The third-order valence-corrected chi connectivity index (χ3v) is 2.09. The minimum Gasteiger partial charge on any atom is -0.381 e. The van der Waals surface area contributed by atoms with Crippen molar-refractivity contribution in [3.63, 3.8) is 0 Å². The van der Waals surface area contributed by atoms with Gasteiger partial charge in [0.2, 0.25) is 5.91 Å². The predicted molar refractivity (Wildman–Crippen MR) is 62.5 cm³/mol. The number of rotatable bonds is 3. The molecular formula is C12H16N2O. The van der Waals surface area contributed by atoms with Crippen molar-refractivity contribution >= 4 is 11.6 Å². The Kier molecular flexibility index (Phi) is 3.92. The number of carbonyl (C=O) groups excluding carboxylic acids is 1. The summed E-state index contributed by atoms with van der Waals surface area (Å²) in [5.74, 6) is -0.104. The molecule has 0 heterocycles. The molecule has 1 rings (SSSR count). The highest BCUT2D eigenvalue weighted by atomic mass is 16.1. The predicted octanol–water partition coefficient (Wildman–Crippen LogP) is 2.09. The second kappa shape index (κ2) is 5.20. The molecule has 0 spiro atoms. The molecule has 0 aliphatic carbocycles. The highest BCUT2D eigenvalue weighted by Crippen LogP contribution is 2.05. The summed E-state index contributed by atoms with van der Waals surface area (Å²) in [6.07, 6.45) is 1.58. The van der Waals surface area contributed by atoms with Crippen LogP contribution in [0, 0.1) is 0 Å². The van der Waals surface area contributed by atoms with Gasteiger partial charge in [-0.1, -0.05) is 18.2 Å². The number of nitrogens with one attached hydrogen (secondary N) is 1. The first-order valence-electron chi connectivity index (χ1n) is 4.81. The summed E-state index contributed by atoms with van der Waals surface area (Å²) < 4.78 is 0. The van der Waals surface area contributed by atoms with Gasteiger partial charge >= 0.3 is 0 Å². The molecule has 0 atom stereocenters. The lowest BCUT2D eigenvalue weighted by molar-refractivity contribution is -0.112. The van der Waals surface area contributed by atoms with Gasteiger partial charge in [-0.05, 0) is 19.1 Å².